The second-order valence-electron chi connectivity index (χ2n) is 5.82. The smallest absolute Gasteiger partial charge is 0.231 e. The van der Waals surface area contributed by atoms with E-state index < -0.39 is 0 Å². The number of nitrogens with one attached hydrogen (secondary N) is 1. The minimum absolute atomic E-state index is 0.0428. The van der Waals surface area contributed by atoms with E-state index in [4.69, 9.17) is 4.74 Å². The fourth-order valence-electron chi connectivity index (χ4n) is 2.44. The number of hydrogen-bond donors (Lipinski definition) is 1. The number of ether oxygens (including phenoxy) is 1. The van der Waals surface area contributed by atoms with E-state index in [-0.39, 0.29) is 24.2 Å². The lowest BCUT2D eigenvalue weighted by molar-refractivity contribution is -0.128. The van der Waals surface area contributed by atoms with Crippen LogP contribution >= 0.6 is 11.3 Å². The SMILES string of the molecule is COCc1nnc(NC(=O)C2CC(=O)N(CCCN(C)C)C2)s1. The van der Waals surface area contributed by atoms with Gasteiger partial charge >= 0.3 is 0 Å². The normalized spacial score (nSPS) is 18.0. The summed E-state index contributed by atoms with van der Waals surface area (Å²) < 4.78 is 4.97. The molecule has 0 spiro atoms. The number of amides is 2. The molecule has 1 fully saturated rings. The van der Waals surface area contributed by atoms with Crippen LogP contribution in [-0.2, 0) is 20.9 Å². The Labute approximate surface area is 139 Å². The first-order chi connectivity index (χ1) is 11.0. The van der Waals surface area contributed by atoms with Crippen molar-refractivity contribution >= 4 is 28.3 Å². The Hall–Kier alpha value is -1.58. The second kappa shape index (κ2) is 8.32. The van der Waals surface area contributed by atoms with E-state index in [1.54, 1.807) is 12.0 Å². The average Bonchev–Trinajstić information content (AvgIpc) is 3.06. The van der Waals surface area contributed by atoms with Crippen LogP contribution in [-0.4, -0.2) is 72.7 Å². The van der Waals surface area contributed by atoms with Crippen molar-refractivity contribution in [2.45, 2.75) is 19.4 Å². The van der Waals surface area contributed by atoms with Crippen LogP contribution in [0.25, 0.3) is 0 Å². The van der Waals surface area contributed by atoms with Crippen molar-refractivity contribution in [2.24, 2.45) is 5.92 Å². The molecule has 1 saturated heterocycles. The molecule has 0 bridgehead atoms. The van der Waals surface area contributed by atoms with Crippen LogP contribution in [0.4, 0.5) is 5.13 Å². The molecule has 1 unspecified atom stereocenters. The Morgan fingerprint density at radius 1 is 1.48 bits per heavy atom. The molecule has 23 heavy (non-hydrogen) atoms. The molecule has 9 heteroatoms. The summed E-state index contributed by atoms with van der Waals surface area (Å²) in [6.45, 7) is 2.46. The minimum Gasteiger partial charge on any atom is -0.377 e. The molecule has 1 aromatic heterocycles. The first-order valence-electron chi connectivity index (χ1n) is 7.54. The number of hydrogen-bond acceptors (Lipinski definition) is 7. The van der Waals surface area contributed by atoms with Gasteiger partial charge in [-0.2, -0.15) is 0 Å². The van der Waals surface area contributed by atoms with Crippen molar-refractivity contribution in [3.63, 3.8) is 0 Å². The van der Waals surface area contributed by atoms with Crippen LogP contribution < -0.4 is 5.32 Å². The molecule has 2 heterocycles. The van der Waals surface area contributed by atoms with Crippen LogP contribution in [0.5, 0.6) is 0 Å². The van der Waals surface area contributed by atoms with E-state index in [2.05, 4.69) is 20.4 Å². The van der Waals surface area contributed by atoms with E-state index in [0.717, 1.165) is 13.0 Å². The Balaban J connectivity index is 1.82. The highest BCUT2D eigenvalue weighted by molar-refractivity contribution is 7.15. The zero-order valence-corrected chi connectivity index (χ0v) is 14.6. The molecule has 0 aromatic carbocycles. The van der Waals surface area contributed by atoms with Crippen LogP contribution in [0.1, 0.15) is 17.8 Å². The standard InChI is InChI=1S/C14H23N5O3S/c1-18(2)5-4-6-19-8-10(7-12(19)20)13(21)15-14-17-16-11(23-14)9-22-3/h10H,4-9H2,1-3H3,(H,15,17,21). The van der Waals surface area contributed by atoms with Crippen molar-refractivity contribution in [1.29, 1.82) is 0 Å². The zero-order valence-electron chi connectivity index (χ0n) is 13.7. The van der Waals surface area contributed by atoms with E-state index in [1.807, 2.05) is 14.1 Å². The first kappa shape index (κ1) is 17.8. The van der Waals surface area contributed by atoms with Gasteiger partial charge in [0.15, 0.2) is 0 Å². The maximum atomic E-state index is 12.3. The van der Waals surface area contributed by atoms with E-state index in [1.165, 1.54) is 11.3 Å². The third-order valence-corrected chi connectivity index (χ3v) is 4.40. The van der Waals surface area contributed by atoms with Gasteiger partial charge in [0, 0.05) is 26.6 Å². The summed E-state index contributed by atoms with van der Waals surface area (Å²) in [7, 11) is 5.58. The van der Waals surface area contributed by atoms with Crippen molar-refractivity contribution in [3.8, 4) is 0 Å². The molecule has 8 nitrogen and oxygen atoms in total. The van der Waals surface area contributed by atoms with Crippen molar-refractivity contribution in [1.82, 2.24) is 20.0 Å². The van der Waals surface area contributed by atoms with Gasteiger partial charge in [-0.15, -0.1) is 10.2 Å². The lowest BCUT2D eigenvalue weighted by Gasteiger charge is -2.17. The largest absolute Gasteiger partial charge is 0.377 e. The van der Waals surface area contributed by atoms with E-state index >= 15 is 0 Å². The predicted molar refractivity (Wildman–Crippen MR) is 87.1 cm³/mol. The number of likely N-dealkylation sites (tertiary alicyclic amines) is 1. The fraction of sp³-hybridized carbons (Fsp3) is 0.714. The minimum atomic E-state index is -0.323. The first-order valence-corrected chi connectivity index (χ1v) is 8.36. The topological polar surface area (TPSA) is 87.7 Å². The molecule has 1 aliphatic rings. The summed E-state index contributed by atoms with van der Waals surface area (Å²) in [5, 5.41) is 11.7. The third-order valence-electron chi connectivity index (χ3n) is 3.58. The molecular weight excluding hydrogens is 318 g/mol. The lowest BCUT2D eigenvalue weighted by atomic mass is 10.1. The number of rotatable bonds is 8. The molecule has 1 aromatic rings. The Kier molecular flexibility index (Phi) is 6.43. The fourth-order valence-corrected chi connectivity index (χ4v) is 3.15. The maximum Gasteiger partial charge on any atom is 0.231 e. The van der Waals surface area contributed by atoms with Gasteiger partial charge in [0.2, 0.25) is 16.9 Å². The van der Waals surface area contributed by atoms with Gasteiger partial charge < -0.3 is 19.9 Å². The highest BCUT2D eigenvalue weighted by Gasteiger charge is 2.34. The van der Waals surface area contributed by atoms with Crippen LogP contribution in [0.3, 0.4) is 0 Å². The molecule has 1 N–H and O–H groups in total. The summed E-state index contributed by atoms with van der Waals surface area (Å²) in [6, 6.07) is 0. The average molecular weight is 341 g/mol. The number of nitrogens with zero attached hydrogens (tertiary/aromatic N) is 4. The third kappa shape index (κ3) is 5.22. The van der Waals surface area contributed by atoms with Crippen molar-refractivity contribution < 1.29 is 14.3 Å². The summed E-state index contributed by atoms with van der Waals surface area (Å²) in [4.78, 5) is 28.1. The Bertz CT molecular complexity index is 548. The maximum absolute atomic E-state index is 12.3. The van der Waals surface area contributed by atoms with Gasteiger partial charge in [-0.25, -0.2) is 0 Å². The predicted octanol–water partition coefficient (Wildman–Crippen LogP) is 0.423. The van der Waals surface area contributed by atoms with Gasteiger partial charge in [0.25, 0.3) is 0 Å². The van der Waals surface area contributed by atoms with Crippen molar-refractivity contribution in [2.75, 3.05) is 46.2 Å². The number of methoxy groups -OCH3 is 1. The molecule has 0 radical (unpaired) electrons. The summed E-state index contributed by atoms with van der Waals surface area (Å²) in [5.74, 6) is -0.452. The van der Waals surface area contributed by atoms with Crippen LogP contribution in [0.15, 0.2) is 0 Å². The van der Waals surface area contributed by atoms with Gasteiger partial charge in [-0.3, -0.25) is 9.59 Å². The quantitative estimate of drug-likeness (QED) is 0.737. The highest BCUT2D eigenvalue weighted by atomic mass is 32.1. The summed E-state index contributed by atoms with van der Waals surface area (Å²) >= 11 is 1.28. The summed E-state index contributed by atoms with van der Waals surface area (Å²) in [6.07, 6.45) is 1.17. The number of carbonyl (C=O) groups excluding carboxylic acids is 2. The molecule has 2 rings (SSSR count). The second-order valence-corrected chi connectivity index (χ2v) is 6.88. The number of aromatic nitrogens is 2. The van der Waals surface area contributed by atoms with Gasteiger partial charge in [-0.1, -0.05) is 11.3 Å². The molecule has 2 amide bonds. The zero-order chi connectivity index (χ0) is 16.8. The molecular formula is C14H23N5O3S. The number of anilines is 1. The Morgan fingerprint density at radius 2 is 2.26 bits per heavy atom. The number of carbonyl (C=O) groups is 2. The van der Waals surface area contributed by atoms with Gasteiger partial charge in [-0.05, 0) is 27.1 Å². The molecule has 1 aliphatic heterocycles. The summed E-state index contributed by atoms with van der Waals surface area (Å²) in [5.41, 5.74) is 0. The Morgan fingerprint density at radius 3 is 2.96 bits per heavy atom. The highest BCUT2D eigenvalue weighted by Crippen LogP contribution is 2.22. The van der Waals surface area contributed by atoms with Crippen LogP contribution in [0.2, 0.25) is 0 Å². The van der Waals surface area contributed by atoms with Gasteiger partial charge in [0.1, 0.15) is 11.6 Å². The van der Waals surface area contributed by atoms with Crippen molar-refractivity contribution in [3.05, 3.63) is 5.01 Å². The van der Waals surface area contributed by atoms with Crippen LogP contribution in [0, 0.1) is 5.92 Å². The van der Waals surface area contributed by atoms with Gasteiger partial charge in [0.05, 0.1) is 5.92 Å². The van der Waals surface area contributed by atoms with E-state index in [0.29, 0.717) is 29.8 Å². The molecule has 128 valence electrons. The van der Waals surface area contributed by atoms with E-state index in [9.17, 15) is 9.59 Å². The molecule has 1 atom stereocenters. The lowest BCUT2D eigenvalue weighted by Crippen LogP contribution is -2.30. The molecule has 0 aliphatic carbocycles. The monoisotopic (exact) mass is 341 g/mol. The molecule has 0 saturated carbocycles.